The number of nitrogens with two attached hydrogens (primary N) is 1. The number of aryl methyl sites for hydroxylation is 1. The lowest BCUT2D eigenvalue weighted by atomic mass is 10.0. The van der Waals surface area contributed by atoms with E-state index in [1.165, 1.54) is 4.90 Å². The zero-order chi connectivity index (χ0) is 18.9. The Morgan fingerprint density at radius 2 is 2.12 bits per heavy atom. The number of hydrogen-bond acceptors (Lipinski definition) is 4. The number of carbonyl (C=O) groups is 2. The van der Waals surface area contributed by atoms with Gasteiger partial charge in [0.1, 0.15) is 5.69 Å². The highest BCUT2D eigenvalue weighted by Gasteiger charge is 2.42. The summed E-state index contributed by atoms with van der Waals surface area (Å²) in [5.41, 5.74) is 6.82. The maximum absolute atomic E-state index is 12.0. The molecule has 6 nitrogen and oxygen atoms in total. The number of primary amides is 1. The number of carbonyl (C=O) groups excluding carboxylic acids is 2. The number of likely N-dealkylation sites (tertiary alicyclic amines) is 1. The largest absolute Gasteiger partial charge is 0.369 e. The van der Waals surface area contributed by atoms with Crippen LogP contribution in [0.25, 0.3) is 11.3 Å². The van der Waals surface area contributed by atoms with Gasteiger partial charge in [-0.25, -0.2) is 4.98 Å². The van der Waals surface area contributed by atoms with Crippen molar-refractivity contribution in [2.24, 2.45) is 5.73 Å². The lowest BCUT2D eigenvalue weighted by Crippen LogP contribution is -2.37. The van der Waals surface area contributed by atoms with Crippen LogP contribution < -0.4 is 5.73 Å². The molecule has 132 valence electrons. The number of pyridine rings is 1. The van der Waals surface area contributed by atoms with E-state index in [-0.39, 0.29) is 18.0 Å². The number of hydrogen-bond donors (Lipinski definition) is 2. The van der Waals surface area contributed by atoms with E-state index < -0.39 is 11.5 Å². The molecule has 2 heterocycles. The predicted octanol–water partition coefficient (Wildman–Crippen LogP) is 1.10. The van der Waals surface area contributed by atoms with Gasteiger partial charge >= 0.3 is 0 Å². The zero-order valence-electron chi connectivity index (χ0n) is 14.6. The van der Waals surface area contributed by atoms with E-state index in [2.05, 4.69) is 16.8 Å². The lowest BCUT2D eigenvalue weighted by molar-refractivity contribution is -0.137. The van der Waals surface area contributed by atoms with Crippen molar-refractivity contribution in [1.29, 1.82) is 0 Å². The molecule has 1 aliphatic heterocycles. The molecule has 1 aromatic carbocycles. The van der Waals surface area contributed by atoms with Crippen LogP contribution in [0.5, 0.6) is 0 Å². The van der Waals surface area contributed by atoms with Crippen molar-refractivity contribution in [2.75, 3.05) is 13.6 Å². The molecule has 3 N–H and O–H groups in total. The Labute approximate surface area is 151 Å². The first-order chi connectivity index (χ1) is 12.3. The highest BCUT2D eigenvalue weighted by atomic mass is 16.3. The first-order valence-corrected chi connectivity index (χ1v) is 8.19. The molecule has 0 saturated carbocycles. The molecule has 1 aromatic heterocycles. The summed E-state index contributed by atoms with van der Waals surface area (Å²) in [6.45, 7) is 2.37. The van der Waals surface area contributed by atoms with Gasteiger partial charge in [0.2, 0.25) is 5.60 Å². The topological polar surface area (TPSA) is 96.5 Å². The summed E-state index contributed by atoms with van der Waals surface area (Å²) < 4.78 is 0. The molecular weight excluding hydrogens is 330 g/mol. The highest BCUT2D eigenvalue weighted by Crippen LogP contribution is 2.24. The number of aliphatic hydroxyl groups is 1. The Morgan fingerprint density at radius 3 is 2.77 bits per heavy atom. The molecule has 0 spiro atoms. The third kappa shape index (κ3) is 3.30. The van der Waals surface area contributed by atoms with E-state index in [1.807, 2.05) is 19.1 Å². The van der Waals surface area contributed by atoms with Crippen LogP contribution in [0.15, 0.2) is 36.4 Å². The second-order valence-electron chi connectivity index (χ2n) is 6.39. The molecule has 0 aliphatic carbocycles. The van der Waals surface area contributed by atoms with Crippen LogP contribution in [0.2, 0.25) is 0 Å². The van der Waals surface area contributed by atoms with Crippen LogP contribution in [-0.4, -0.2) is 46.0 Å². The predicted molar refractivity (Wildman–Crippen MR) is 97.0 cm³/mol. The first-order valence-electron chi connectivity index (χ1n) is 8.19. The summed E-state index contributed by atoms with van der Waals surface area (Å²) >= 11 is 0. The third-order valence-corrected chi connectivity index (χ3v) is 4.41. The van der Waals surface area contributed by atoms with Crippen LogP contribution in [0.1, 0.15) is 28.0 Å². The van der Waals surface area contributed by atoms with Gasteiger partial charge in [-0.15, -0.1) is 0 Å². The van der Waals surface area contributed by atoms with Gasteiger partial charge in [-0.3, -0.25) is 9.59 Å². The van der Waals surface area contributed by atoms with E-state index in [0.717, 1.165) is 11.1 Å². The molecule has 2 amide bonds. The van der Waals surface area contributed by atoms with Crippen LogP contribution in [0.3, 0.4) is 0 Å². The third-order valence-electron chi connectivity index (χ3n) is 4.41. The molecule has 26 heavy (non-hydrogen) atoms. The zero-order valence-corrected chi connectivity index (χ0v) is 14.6. The lowest BCUT2D eigenvalue weighted by Gasteiger charge is -2.13. The monoisotopic (exact) mass is 349 g/mol. The van der Waals surface area contributed by atoms with Gasteiger partial charge in [-0.1, -0.05) is 30.0 Å². The summed E-state index contributed by atoms with van der Waals surface area (Å²) in [5, 5.41) is 10.4. The Bertz CT molecular complexity index is 958. The molecule has 3 rings (SSSR count). The minimum Gasteiger partial charge on any atom is -0.369 e. The number of rotatable bonds is 2. The maximum atomic E-state index is 12.0. The highest BCUT2D eigenvalue weighted by molar-refractivity contribution is 5.91. The average Bonchev–Trinajstić information content (AvgIpc) is 2.88. The smallest absolute Gasteiger partial charge is 0.267 e. The van der Waals surface area contributed by atoms with Gasteiger partial charge < -0.3 is 15.7 Å². The second kappa shape index (κ2) is 6.62. The Morgan fingerprint density at radius 1 is 1.35 bits per heavy atom. The van der Waals surface area contributed by atoms with Gasteiger partial charge in [-0.05, 0) is 30.7 Å². The number of nitrogens with zero attached hydrogens (tertiary/aromatic N) is 2. The van der Waals surface area contributed by atoms with E-state index in [9.17, 15) is 14.7 Å². The van der Waals surface area contributed by atoms with Crippen LogP contribution in [0.4, 0.5) is 0 Å². The minimum atomic E-state index is -1.63. The van der Waals surface area contributed by atoms with Crippen LogP contribution in [0, 0.1) is 18.8 Å². The van der Waals surface area contributed by atoms with Gasteiger partial charge in [-0.2, -0.15) is 0 Å². The van der Waals surface area contributed by atoms with Crippen molar-refractivity contribution in [3.8, 4) is 23.1 Å². The van der Waals surface area contributed by atoms with Gasteiger partial charge in [0, 0.05) is 31.1 Å². The summed E-state index contributed by atoms with van der Waals surface area (Å²) in [5.74, 6) is 4.60. The number of aromatic nitrogens is 1. The Hall–Kier alpha value is -3.17. The van der Waals surface area contributed by atoms with Crippen molar-refractivity contribution < 1.29 is 14.7 Å². The summed E-state index contributed by atoms with van der Waals surface area (Å²) in [7, 11) is 1.64. The van der Waals surface area contributed by atoms with Crippen LogP contribution >= 0.6 is 0 Å². The maximum Gasteiger partial charge on any atom is 0.267 e. The minimum absolute atomic E-state index is 0.191. The molecule has 1 aliphatic rings. The molecule has 6 heteroatoms. The van der Waals surface area contributed by atoms with Gasteiger partial charge in [0.25, 0.3) is 11.8 Å². The average molecular weight is 349 g/mol. The molecule has 1 fully saturated rings. The molecule has 2 aromatic rings. The van der Waals surface area contributed by atoms with Crippen molar-refractivity contribution in [2.45, 2.75) is 18.9 Å². The fourth-order valence-electron chi connectivity index (χ4n) is 2.85. The Kier molecular flexibility index (Phi) is 4.49. The number of benzene rings is 1. The van der Waals surface area contributed by atoms with Crippen LogP contribution in [-0.2, 0) is 4.79 Å². The van der Waals surface area contributed by atoms with E-state index >= 15 is 0 Å². The quantitative estimate of drug-likeness (QED) is 0.794. The first kappa shape index (κ1) is 17.6. The van der Waals surface area contributed by atoms with Crippen molar-refractivity contribution >= 4 is 11.8 Å². The molecule has 1 unspecified atom stereocenters. The Balaban J connectivity index is 1.96. The standard InChI is InChI=1S/C20H19N3O3/c1-13-6-7-16(18(21)24)22-17(13)15-5-3-4-14(12-15)8-9-20(26)10-11-23(2)19(20)25/h3-7,12,26H,10-11H2,1-2H3,(H2,21,24). The van der Waals surface area contributed by atoms with Gasteiger partial charge in [0.05, 0.1) is 5.69 Å². The van der Waals surface area contributed by atoms with Crippen molar-refractivity contribution in [1.82, 2.24) is 9.88 Å². The fourth-order valence-corrected chi connectivity index (χ4v) is 2.85. The van der Waals surface area contributed by atoms with Gasteiger partial charge in [0.15, 0.2) is 0 Å². The molecule has 0 radical (unpaired) electrons. The number of likely N-dealkylation sites (N-methyl/N-ethyl adjacent to an activating group) is 1. The van der Waals surface area contributed by atoms with E-state index in [1.54, 1.807) is 31.3 Å². The molecule has 1 atom stereocenters. The van der Waals surface area contributed by atoms with Crippen molar-refractivity contribution in [3.63, 3.8) is 0 Å². The van der Waals surface area contributed by atoms with E-state index in [0.29, 0.717) is 17.8 Å². The molecular formula is C20H19N3O3. The summed E-state index contributed by atoms with van der Waals surface area (Å²) in [6, 6.07) is 10.6. The molecule has 1 saturated heterocycles. The summed E-state index contributed by atoms with van der Waals surface area (Å²) in [6.07, 6.45) is 0.288. The molecule has 0 bridgehead atoms. The SMILES string of the molecule is Cc1ccc(C(N)=O)nc1-c1cccc(C#CC2(O)CCN(C)C2=O)c1. The second-order valence-corrected chi connectivity index (χ2v) is 6.39. The van der Waals surface area contributed by atoms with E-state index in [4.69, 9.17) is 5.73 Å². The van der Waals surface area contributed by atoms with Crippen molar-refractivity contribution in [3.05, 3.63) is 53.2 Å². The number of amides is 2. The summed E-state index contributed by atoms with van der Waals surface area (Å²) in [4.78, 5) is 29.2. The fraction of sp³-hybridized carbons (Fsp3) is 0.250. The normalized spacial score (nSPS) is 19.2.